The van der Waals surface area contributed by atoms with E-state index in [1.54, 1.807) is 30.3 Å². The molecule has 0 radical (unpaired) electrons. The van der Waals surface area contributed by atoms with Crippen molar-refractivity contribution >= 4 is 11.6 Å². The zero-order valence-electron chi connectivity index (χ0n) is 17.3. The predicted octanol–water partition coefficient (Wildman–Crippen LogP) is 2.27. The summed E-state index contributed by atoms with van der Waals surface area (Å²) in [6.07, 6.45) is 0.962. The number of benzene rings is 2. The van der Waals surface area contributed by atoms with Crippen LogP contribution in [0.1, 0.15) is 16.8 Å². The fraction of sp³-hybridized carbons (Fsp3) is 0.435. The van der Waals surface area contributed by atoms with E-state index < -0.39 is 5.91 Å². The Morgan fingerprint density at radius 3 is 2.48 bits per heavy atom. The average Bonchev–Trinajstić information content (AvgIpc) is 3.06. The van der Waals surface area contributed by atoms with E-state index in [9.17, 15) is 9.18 Å². The van der Waals surface area contributed by atoms with Gasteiger partial charge in [0.15, 0.2) is 0 Å². The Bertz CT molecular complexity index is 863. The number of anilines is 1. The van der Waals surface area contributed by atoms with E-state index in [4.69, 9.17) is 19.9 Å². The minimum absolute atomic E-state index is 0.00444. The molecule has 2 aromatic carbocycles. The molecule has 2 aliphatic rings. The van der Waals surface area contributed by atoms with Crippen LogP contribution in [-0.4, -0.2) is 68.5 Å². The van der Waals surface area contributed by atoms with Gasteiger partial charge in [-0.05, 0) is 48.9 Å². The molecule has 8 heteroatoms. The zero-order chi connectivity index (χ0) is 21.6. The minimum Gasteiger partial charge on any atom is -0.494 e. The summed E-state index contributed by atoms with van der Waals surface area (Å²) >= 11 is 0. The second-order valence-corrected chi connectivity index (χ2v) is 7.95. The van der Waals surface area contributed by atoms with Crippen LogP contribution >= 0.6 is 0 Å². The highest BCUT2D eigenvalue weighted by Crippen LogP contribution is 2.22. The number of primary amides is 1. The number of nitrogens with zero attached hydrogens (tertiary/aromatic N) is 1. The molecule has 7 nitrogen and oxygen atoms in total. The van der Waals surface area contributed by atoms with Gasteiger partial charge in [0.25, 0.3) is 0 Å². The first-order chi connectivity index (χ1) is 15.1. The fourth-order valence-corrected chi connectivity index (χ4v) is 3.94. The second-order valence-electron chi connectivity index (χ2n) is 7.95. The lowest BCUT2D eigenvalue weighted by Crippen LogP contribution is -2.31. The summed E-state index contributed by atoms with van der Waals surface area (Å²) in [6, 6.07) is 13.3. The number of hydrogen-bond donors (Lipinski definition) is 2. The van der Waals surface area contributed by atoms with Crippen LogP contribution < -0.4 is 15.8 Å². The van der Waals surface area contributed by atoms with Crippen LogP contribution in [0.5, 0.6) is 5.75 Å². The van der Waals surface area contributed by atoms with E-state index in [1.165, 1.54) is 12.1 Å². The summed E-state index contributed by atoms with van der Waals surface area (Å²) in [7, 11) is 0. The number of amides is 1. The normalized spacial score (nSPS) is 22.0. The number of ether oxygens (including phenoxy) is 3. The smallest absolute Gasteiger partial charge is 0.248 e. The number of halogens is 1. The van der Waals surface area contributed by atoms with Crippen molar-refractivity contribution in [3.05, 3.63) is 59.9 Å². The molecule has 2 aromatic rings. The van der Waals surface area contributed by atoms with Gasteiger partial charge in [0.05, 0.1) is 38.1 Å². The van der Waals surface area contributed by atoms with E-state index in [1.807, 2.05) is 6.07 Å². The number of nitrogens with two attached hydrogens (primary N) is 1. The molecule has 0 spiro atoms. The number of nitrogens with one attached hydrogen (secondary N) is 1. The molecular weight excluding hydrogens is 401 g/mol. The third-order valence-electron chi connectivity index (χ3n) is 5.54. The van der Waals surface area contributed by atoms with E-state index in [0.29, 0.717) is 25.4 Å². The molecular formula is C23H28FN3O4. The Balaban J connectivity index is 1.16. The highest BCUT2D eigenvalue weighted by atomic mass is 19.1. The van der Waals surface area contributed by atoms with Gasteiger partial charge in [-0.1, -0.05) is 6.07 Å². The van der Waals surface area contributed by atoms with Gasteiger partial charge in [-0.2, -0.15) is 0 Å². The molecule has 0 aromatic heterocycles. The Kier molecular flexibility index (Phi) is 7.01. The van der Waals surface area contributed by atoms with Crippen molar-refractivity contribution in [3.63, 3.8) is 0 Å². The van der Waals surface area contributed by atoms with E-state index in [2.05, 4.69) is 10.2 Å². The fourth-order valence-electron chi connectivity index (χ4n) is 3.94. The van der Waals surface area contributed by atoms with Crippen molar-refractivity contribution in [2.45, 2.75) is 24.7 Å². The molecule has 2 atom stereocenters. The lowest BCUT2D eigenvalue weighted by Gasteiger charge is -2.20. The van der Waals surface area contributed by atoms with Crippen LogP contribution in [0, 0.1) is 5.82 Å². The number of hydrogen-bond acceptors (Lipinski definition) is 6. The van der Waals surface area contributed by atoms with Crippen LogP contribution in [0.3, 0.4) is 0 Å². The molecule has 2 heterocycles. The third kappa shape index (κ3) is 5.94. The summed E-state index contributed by atoms with van der Waals surface area (Å²) < 4.78 is 31.3. The lowest BCUT2D eigenvalue weighted by molar-refractivity contribution is -0.00461. The molecule has 2 aliphatic heterocycles. The van der Waals surface area contributed by atoms with Gasteiger partial charge >= 0.3 is 0 Å². The maximum Gasteiger partial charge on any atom is 0.248 e. The largest absolute Gasteiger partial charge is 0.494 e. The molecule has 2 saturated heterocycles. The van der Waals surface area contributed by atoms with E-state index in [0.717, 1.165) is 37.5 Å². The number of rotatable bonds is 8. The Hall–Kier alpha value is -2.68. The molecule has 3 N–H and O–H groups in total. The van der Waals surface area contributed by atoms with Crippen molar-refractivity contribution in [2.24, 2.45) is 5.73 Å². The highest BCUT2D eigenvalue weighted by Gasteiger charge is 2.37. The second kappa shape index (κ2) is 10.1. The quantitative estimate of drug-likeness (QED) is 0.626. The van der Waals surface area contributed by atoms with Crippen molar-refractivity contribution < 1.29 is 23.4 Å². The Labute approximate surface area is 181 Å². The Morgan fingerprint density at radius 1 is 1.13 bits per heavy atom. The van der Waals surface area contributed by atoms with E-state index >= 15 is 0 Å². The predicted molar refractivity (Wildman–Crippen MR) is 115 cm³/mol. The van der Waals surface area contributed by atoms with Gasteiger partial charge in [-0.3, -0.25) is 9.69 Å². The Morgan fingerprint density at radius 2 is 1.84 bits per heavy atom. The number of likely N-dealkylation sites (tertiary alicyclic amines) is 1. The summed E-state index contributed by atoms with van der Waals surface area (Å²) in [5, 5.41) is 3.28. The van der Waals surface area contributed by atoms with Crippen molar-refractivity contribution in [1.29, 1.82) is 0 Å². The molecule has 0 unspecified atom stereocenters. The van der Waals surface area contributed by atoms with Crippen molar-refractivity contribution in [1.82, 2.24) is 4.90 Å². The lowest BCUT2D eigenvalue weighted by atomic mass is 10.2. The molecule has 1 amide bonds. The van der Waals surface area contributed by atoms with Gasteiger partial charge in [-0.25, -0.2) is 4.39 Å². The first kappa shape index (κ1) is 21.5. The minimum atomic E-state index is -0.446. The summed E-state index contributed by atoms with van der Waals surface area (Å²) in [5.41, 5.74) is 6.44. The molecule has 0 bridgehead atoms. The molecule has 0 aliphatic carbocycles. The standard InChI is InChI=1S/C23H28FN3O4/c24-17-3-1-4-18(11-17)26-19-14-30-21-12-27(13-22(21)31-15-19)9-2-10-29-20-7-5-16(6-8-20)23(25)28/h1,3-8,11,19,21-22,26H,2,9-10,12-15H2,(H2,25,28)/t21-,22-/m0/s1. The van der Waals surface area contributed by atoms with Gasteiger partial charge < -0.3 is 25.3 Å². The third-order valence-corrected chi connectivity index (χ3v) is 5.54. The van der Waals surface area contributed by atoms with E-state index in [-0.39, 0.29) is 24.1 Å². The SMILES string of the molecule is NC(=O)c1ccc(OCCCN2C[C@@H]3OCC(Nc4cccc(F)c4)CO[C@H]3C2)cc1. The number of carbonyl (C=O) groups excluding carboxylic acids is 1. The molecule has 0 saturated carbocycles. The van der Waals surface area contributed by atoms with Crippen molar-refractivity contribution in [3.8, 4) is 5.75 Å². The monoisotopic (exact) mass is 429 g/mol. The topological polar surface area (TPSA) is 86.1 Å². The maximum absolute atomic E-state index is 13.4. The van der Waals surface area contributed by atoms with Crippen LogP contribution in [-0.2, 0) is 9.47 Å². The number of fused-ring (bicyclic) bond motifs is 1. The highest BCUT2D eigenvalue weighted by molar-refractivity contribution is 5.92. The van der Waals surface area contributed by atoms with Gasteiger partial charge in [-0.15, -0.1) is 0 Å². The first-order valence-electron chi connectivity index (χ1n) is 10.6. The summed E-state index contributed by atoms with van der Waals surface area (Å²) in [4.78, 5) is 13.4. The van der Waals surface area contributed by atoms with Crippen LogP contribution in [0.4, 0.5) is 10.1 Å². The summed E-state index contributed by atoms with van der Waals surface area (Å²) in [5.74, 6) is 0.0121. The van der Waals surface area contributed by atoms with Gasteiger partial charge in [0, 0.05) is 30.9 Å². The molecule has 166 valence electrons. The number of carbonyl (C=O) groups is 1. The summed E-state index contributed by atoms with van der Waals surface area (Å²) in [6.45, 7) is 4.17. The first-order valence-corrected chi connectivity index (χ1v) is 10.6. The molecule has 31 heavy (non-hydrogen) atoms. The van der Waals surface area contributed by atoms with Crippen LogP contribution in [0.2, 0.25) is 0 Å². The zero-order valence-corrected chi connectivity index (χ0v) is 17.3. The van der Waals surface area contributed by atoms with Crippen LogP contribution in [0.25, 0.3) is 0 Å². The molecule has 2 fully saturated rings. The molecule has 4 rings (SSSR count). The average molecular weight is 429 g/mol. The van der Waals surface area contributed by atoms with Gasteiger partial charge in [0.1, 0.15) is 11.6 Å². The van der Waals surface area contributed by atoms with Crippen LogP contribution in [0.15, 0.2) is 48.5 Å². The van der Waals surface area contributed by atoms with Gasteiger partial charge in [0.2, 0.25) is 5.91 Å². The maximum atomic E-state index is 13.4. The van der Waals surface area contributed by atoms with Crippen molar-refractivity contribution in [2.75, 3.05) is 44.8 Å².